The SMILES string of the molecule is C.O=C1CCC[C@@H]2N[C@@]3(C(=O)Nc4cc(Cl)ccc43)[C@@H](c3cccc(Cl)c3F)[C@H]12. The number of hydrogen-bond donors (Lipinski definition) is 2. The van der Waals surface area contributed by atoms with Gasteiger partial charge in [0, 0.05) is 40.6 Å². The Hall–Kier alpha value is -1.95. The summed E-state index contributed by atoms with van der Waals surface area (Å²) in [6, 6.07) is 9.72. The number of amides is 1. The number of Topliss-reactive ketones (excluding diaryl/α,β-unsaturated/α-hetero) is 1. The summed E-state index contributed by atoms with van der Waals surface area (Å²) in [5.74, 6) is -2.00. The first-order valence-corrected chi connectivity index (χ1v) is 10.0. The highest BCUT2D eigenvalue weighted by Crippen LogP contribution is 2.56. The minimum Gasteiger partial charge on any atom is -0.324 e. The van der Waals surface area contributed by atoms with Crippen molar-refractivity contribution in [3.8, 4) is 0 Å². The van der Waals surface area contributed by atoms with Gasteiger partial charge in [0.1, 0.15) is 17.1 Å². The molecule has 2 aromatic rings. The van der Waals surface area contributed by atoms with Gasteiger partial charge in [0.2, 0.25) is 5.91 Å². The van der Waals surface area contributed by atoms with Crippen LogP contribution < -0.4 is 10.6 Å². The number of carbonyl (C=O) groups excluding carboxylic acids is 2. The summed E-state index contributed by atoms with van der Waals surface area (Å²) < 4.78 is 15.1. The number of rotatable bonds is 1. The van der Waals surface area contributed by atoms with Gasteiger partial charge in [-0.15, -0.1) is 0 Å². The Balaban J connectivity index is 0.00000205. The second kappa shape index (κ2) is 7.08. The second-order valence-electron chi connectivity index (χ2n) is 7.71. The lowest BCUT2D eigenvalue weighted by atomic mass is 9.68. The van der Waals surface area contributed by atoms with E-state index in [0.29, 0.717) is 28.3 Å². The molecule has 0 aromatic heterocycles. The minimum atomic E-state index is -1.24. The lowest BCUT2D eigenvalue weighted by Gasteiger charge is -2.32. The molecule has 1 amide bonds. The van der Waals surface area contributed by atoms with Crippen LogP contribution in [0.3, 0.4) is 0 Å². The average molecular weight is 435 g/mol. The van der Waals surface area contributed by atoms with Crippen molar-refractivity contribution in [1.29, 1.82) is 0 Å². The van der Waals surface area contributed by atoms with Gasteiger partial charge in [-0.25, -0.2) is 4.39 Å². The van der Waals surface area contributed by atoms with E-state index in [-0.39, 0.29) is 30.2 Å². The van der Waals surface area contributed by atoms with E-state index < -0.39 is 23.2 Å². The highest BCUT2D eigenvalue weighted by Gasteiger charge is 2.64. The average Bonchev–Trinajstić information content (AvgIpc) is 3.14. The molecule has 152 valence electrons. The number of fused-ring (bicyclic) bond motifs is 3. The first-order chi connectivity index (χ1) is 13.4. The van der Waals surface area contributed by atoms with Gasteiger partial charge in [-0.1, -0.05) is 48.8 Å². The van der Waals surface area contributed by atoms with Gasteiger partial charge in [0.05, 0.1) is 5.02 Å². The zero-order valence-electron chi connectivity index (χ0n) is 14.8. The third-order valence-electron chi connectivity index (χ3n) is 6.31. The molecule has 0 bridgehead atoms. The van der Waals surface area contributed by atoms with Gasteiger partial charge < -0.3 is 5.32 Å². The molecule has 0 radical (unpaired) electrons. The Morgan fingerprint density at radius 2 is 1.93 bits per heavy atom. The Kier molecular flexibility index (Phi) is 4.96. The van der Waals surface area contributed by atoms with E-state index in [0.717, 1.165) is 12.8 Å². The van der Waals surface area contributed by atoms with Crippen LogP contribution in [0.15, 0.2) is 36.4 Å². The highest BCUT2D eigenvalue weighted by atomic mass is 35.5. The molecule has 7 heteroatoms. The highest BCUT2D eigenvalue weighted by molar-refractivity contribution is 6.31. The maximum Gasteiger partial charge on any atom is 0.250 e. The zero-order chi connectivity index (χ0) is 19.6. The van der Waals surface area contributed by atoms with Crippen LogP contribution in [-0.2, 0) is 15.1 Å². The molecule has 0 unspecified atom stereocenters. The molecule has 2 N–H and O–H groups in total. The molecule has 1 saturated heterocycles. The summed E-state index contributed by atoms with van der Waals surface area (Å²) >= 11 is 12.2. The number of carbonyl (C=O) groups is 2. The summed E-state index contributed by atoms with van der Waals surface area (Å²) in [7, 11) is 0. The summed E-state index contributed by atoms with van der Waals surface area (Å²) in [5.41, 5.74) is 0.332. The minimum absolute atomic E-state index is 0. The van der Waals surface area contributed by atoms with Crippen LogP contribution in [0, 0.1) is 11.7 Å². The van der Waals surface area contributed by atoms with E-state index in [1.54, 1.807) is 30.3 Å². The van der Waals surface area contributed by atoms with E-state index in [1.807, 2.05) is 0 Å². The molecule has 2 heterocycles. The number of halogens is 3. The third kappa shape index (κ3) is 2.75. The zero-order valence-corrected chi connectivity index (χ0v) is 16.3. The van der Waals surface area contributed by atoms with Gasteiger partial charge in [-0.05, 0) is 36.6 Å². The van der Waals surface area contributed by atoms with Gasteiger partial charge in [-0.3, -0.25) is 14.9 Å². The lowest BCUT2D eigenvalue weighted by molar-refractivity contribution is -0.125. The van der Waals surface area contributed by atoms with Crippen LogP contribution in [-0.4, -0.2) is 17.7 Å². The maximum absolute atomic E-state index is 15.1. The molecule has 4 nitrogen and oxygen atoms in total. The predicted octanol–water partition coefficient (Wildman–Crippen LogP) is 5.04. The summed E-state index contributed by atoms with van der Waals surface area (Å²) in [4.78, 5) is 26.2. The van der Waals surface area contributed by atoms with Crippen LogP contribution in [0.5, 0.6) is 0 Å². The number of ketones is 1. The van der Waals surface area contributed by atoms with Gasteiger partial charge in [-0.2, -0.15) is 0 Å². The molecule has 1 spiro atoms. The van der Waals surface area contributed by atoms with Crippen LogP contribution >= 0.6 is 23.2 Å². The number of benzene rings is 2. The van der Waals surface area contributed by atoms with E-state index in [2.05, 4.69) is 10.6 Å². The van der Waals surface area contributed by atoms with E-state index in [4.69, 9.17) is 23.2 Å². The Morgan fingerprint density at radius 1 is 1.14 bits per heavy atom. The van der Waals surface area contributed by atoms with Crippen molar-refractivity contribution >= 4 is 40.6 Å². The molecule has 29 heavy (non-hydrogen) atoms. The molecule has 2 aliphatic heterocycles. The van der Waals surface area contributed by atoms with Gasteiger partial charge >= 0.3 is 0 Å². The van der Waals surface area contributed by atoms with E-state index >= 15 is 4.39 Å². The number of hydrogen-bond acceptors (Lipinski definition) is 3. The molecule has 3 aliphatic rings. The van der Waals surface area contributed by atoms with Gasteiger partial charge in [0.25, 0.3) is 0 Å². The fourth-order valence-electron chi connectivity index (χ4n) is 5.24. The smallest absolute Gasteiger partial charge is 0.250 e. The molecule has 2 fully saturated rings. The fourth-order valence-corrected chi connectivity index (χ4v) is 5.60. The Bertz CT molecular complexity index is 1030. The first kappa shape index (κ1) is 20.3. The van der Waals surface area contributed by atoms with Crippen molar-refractivity contribution in [2.24, 2.45) is 5.92 Å². The molecule has 1 saturated carbocycles. The van der Waals surface area contributed by atoms with E-state index in [9.17, 15) is 9.59 Å². The van der Waals surface area contributed by atoms with Crippen LogP contribution in [0.25, 0.3) is 0 Å². The Morgan fingerprint density at radius 3 is 2.72 bits per heavy atom. The predicted molar refractivity (Wildman–Crippen MR) is 112 cm³/mol. The second-order valence-corrected chi connectivity index (χ2v) is 8.55. The molecule has 2 aromatic carbocycles. The van der Waals surface area contributed by atoms with Crippen molar-refractivity contribution in [1.82, 2.24) is 5.32 Å². The number of nitrogens with one attached hydrogen (secondary N) is 2. The number of anilines is 1. The van der Waals surface area contributed by atoms with Crippen molar-refractivity contribution in [2.45, 2.75) is 44.2 Å². The first-order valence-electron chi connectivity index (χ1n) is 9.29. The summed E-state index contributed by atoms with van der Waals surface area (Å²) in [5, 5.41) is 6.78. The third-order valence-corrected chi connectivity index (χ3v) is 6.84. The molecule has 4 atom stereocenters. The van der Waals surface area contributed by atoms with Crippen molar-refractivity contribution in [3.63, 3.8) is 0 Å². The van der Waals surface area contributed by atoms with Crippen LogP contribution in [0.2, 0.25) is 10.0 Å². The normalized spacial score (nSPS) is 30.0. The van der Waals surface area contributed by atoms with Crippen molar-refractivity contribution in [3.05, 3.63) is 63.4 Å². The van der Waals surface area contributed by atoms with E-state index in [1.165, 1.54) is 6.07 Å². The largest absolute Gasteiger partial charge is 0.324 e. The summed E-state index contributed by atoms with van der Waals surface area (Å²) in [6.45, 7) is 0. The standard InChI is InChI=1S/C21H17Cl2FN2O2.CH4/c22-10-7-8-12-15(9-10)25-20(28)21(12)18(11-3-1-4-13(23)19(11)24)17-14(26-21)5-2-6-16(17)27;/h1,3-4,7-9,14,17-18,26H,2,5-6H2,(H,25,28);1H4/t14-,17-,18-,21+;/m0./s1. The van der Waals surface area contributed by atoms with Crippen LogP contribution in [0.1, 0.15) is 43.7 Å². The monoisotopic (exact) mass is 434 g/mol. The van der Waals surface area contributed by atoms with Gasteiger partial charge in [0.15, 0.2) is 0 Å². The van der Waals surface area contributed by atoms with Crippen LogP contribution in [0.4, 0.5) is 10.1 Å². The molecule has 5 rings (SSSR count). The lowest BCUT2D eigenvalue weighted by Crippen LogP contribution is -2.49. The van der Waals surface area contributed by atoms with Crippen molar-refractivity contribution < 1.29 is 14.0 Å². The molecule has 1 aliphatic carbocycles. The topological polar surface area (TPSA) is 58.2 Å². The van der Waals surface area contributed by atoms with Crippen molar-refractivity contribution in [2.75, 3.05) is 5.32 Å². The maximum atomic E-state index is 15.1. The molecular formula is C22H21Cl2FN2O2. The fraction of sp³-hybridized carbons (Fsp3) is 0.364. The Labute approximate surface area is 178 Å². The summed E-state index contributed by atoms with van der Waals surface area (Å²) in [6.07, 6.45) is 1.95. The quantitative estimate of drug-likeness (QED) is 0.660. The molecular weight excluding hydrogens is 414 g/mol.